The second-order valence-corrected chi connectivity index (χ2v) is 8.59. The maximum absolute atomic E-state index is 10.7. The molecular formula is C21H41NO2. The summed E-state index contributed by atoms with van der Waals surface area (Å²) >= 11 is 0. The molecule has 2 aliphatic carbocycles. The summed E-state index contributed by atoms with van der Waals surface area (Å²) in [5.74, 6) is -0.0338. The first-order valence-electron chi connectivity index (χ1n) is 10.7. The summed E-state index contributed by atoms with van der Waals surface area (Å²) < 4.78 is 5.90. The molecule has 0 saturated heterocycles. The molecule has 2 fully saturated rings. The van der Waals surface area contributed by atoms with Crippen molar-refractivity contribution in [3.63, 3.8) is 0 Å². The highest BCUT2D eigenvalue weighted by atomic mass is 16.6. The highest BCUT2D eigenvalue weighted by Crippen LogP contribution is 2.49. The van der Waals surface area contributed by atoms with Crippen LogP contribution in [0.5, 0.6) is 0 Å². The van der Waals surface area contributed by atoms with Crippen LogP contribution in [0.4, 0.5) is 0 Å². The van der Waals surface area contributed by atoms with E-state index in [2.05, 4.69) is 19.2 Å². The van der Waals surface area contributed by atoms with Crippen LogP contribution in [0.3, 0.4) is 0 Å². The molecule has 0 radical (unpaired) electrons. The Balaban J connectivity index is 1.58. The Morgan fingerprint density at radius 2 is 1.67 bits per heavy atom. The van der Waals surface area contributed by atoms with E-state index in [0.717, 1.165) is 51.1 Å². The molecule has 0 aromatic rings. The van der Waals surface area contributed by atoms with Crippen molar-refractivity contribution in [1.29, 1.82) is 0 Å². The van der Waals surface area contributed by atoms with Crippen molar-refractivity contribution >= 4 is 0 Å². The molecule has 3 nitrogen and oxygen atoms in total. The van der Waals surface area contributed by atoms with E-state index in [1.54, 1.807) is 0 Å². The van der Waals surface area contributed by atoms with Crippen LogP contribution in [0, 0.1) is 11.3 Å². The van der Waals surface area contributed by atoms with E-state index < -0.39 is 5.79 Å². The van der Waals surface area contributed by atoms with Gasteiger partial charge in [0.25, 0.3) is 0 Å². The van der Waals surface area contributed by atoms with Gasteiger partial charge in [0, 0.05) is 12.8 Å². The summed E-state index contributed by atoms with van der Waals surface area (Å²) in [7, 11) is 0. The van der Waals surface area contributed by atoms with Gasteiger partial charge in [-0.2, -0.15) is 0 Å². The van der Waals surface area contributed by atoms with Crippen molar-refractivity contribution in [2.24, 2.45) is 11.3 Å². The maximum Gasteiger partial charge on any atom is 0.165 e. The molecule has 0 heterocycles. The van der Waals surface area contributed by atoms with E-state index in [1.807, 2.05) is 0 Å². The van der Waals surface area contributed by atoms with Gasteiger partial charge in [-0.15, -0.1) is 0 Å². The summed E-state index contributed by atoms with van der Waals surface area (Å²) in [4.78, 5) is 0. The lowest BCUT2D eigenvalue weighted by molar-refractivity contribution is -0.229. The molecule has 0 unspecified atom stereocenters. The van der Waals surface area contributed by atoms with Crippen molar-refractivity contribution in [1.82, 2.24) is 5.32 Å². The van der Waals surface area contributed by atoms with E-state index in [9.17, 15) is 5.11 Å². The molecule has 0 aliphatic heterocycles. The summed E-state index contributed by atoms with van der Waals surface area (Å²) in [6.07, 6.45) is 15.7. The van der Waals surface area contributed by atoms with Gasteiger partial charge < -0.3 is 15.2 Å². The van der Waals surface area contributed by atoms with Gasteiger partial charge in [0.2, 0.25) is 0 Å². The molecule has 2 saturated carbocycles. The fraction of sp³-hybridized carbons (Fsp3) is 1.00. The van der Waals surface area contributed by atoms with Crippen LogP contribution in [-0.4, -0.2) is 30.6 Å². The first-order chi connectivity index (χ1) is 11.6. The Morgan fingerprint density at radius 3 is 2.33 bits per heavy atom. The zero-order chi connectivity index (χ0) is 17.3. The van der Waals surface area contributed by atoms with Gasteiger partial charge in [-0.05, 0) is 75.8 Å². The number of rotatable bonds is 10. The Morgan fingerprint density at radius 1 is 0.958 bits per heavy atom. The average Bonchev–Trinajstić information content (AvgIpc) is 2.58. The normalized spacial score (nSPS) is 30.4. The lowest BCUT2D eigenvalue weighted by atomic mass is 9.62. The van der Waals surface area contributed by atoms with Gasteiger partial charge in [-0.25, -0.2) is 0 Å². The SMILES string of the molecule is CCCNCCCCCOC1(O)CCC(C2(C)CCCCC2)CC1. The number of hydrogen-bond donors (Lipinski definition) is 2. The topological polar surface area (TPSA) is 41.5 Å². The molecule has 2 rings (SSSR count). The number of nitrogens with one attached hydrogen (secondary N) is 1. The smallest absolute Gasteiger partial charge is 0.165 e. The van der Waals surface area contributed by atoms with Crippen LogP contribution in [-0.2, 0) is 4.74 Å². The quantitative estimate of drug-likeness (QED) is 0.433. The lowest BCUT2D eigenvalue weighted by Gasteiger charge is -2.46. The fourth-order valence-corrected chi connectivity index (χ4v) is 4.77. The van der Waals surface area contributed by atoms with Crippen LogP contribution >= 0.6 is 0 Å². The van der Waals surface area contributed by atoms with Gasteiger partial charge in [0.05, 0.1) is 6.61 Å². The molecule has 3 heteroatoms. The molecule has 24 heavy (non-hydrogen) atoms. The third-order valence-electron chi connectivity index (χ3n) is 6.54. The van der Waals surface area contributed by atoms with Crippen molar-refractivity contribution in [3.05, 3.63) is 0 Å². The second-order valence-electron chi connectivity index (χ2n) is 8.59. The molecule has 0 amide bonds. The Bertz CT molecular complexity index is 331. The zero-order valence-corrected chi connectivity index (χ0v) is 16.2. The molecule has 0 atom stereocenters. The van der Waals surface area contributed by atoms with Crippen molar-refractivity contribution < 1.29 is 9.84 Å². The Labute approximate surface area is 149 Å². The second kappa shape index (κ2) is 10.1. The van der Waals surface area contributed by atoms with E-state index in [0.29, 0.717) is 12.0 Å². The number of aliphatic hydroxyl groups is 1. The number of unbranched alkanes of at least 4 members (excludes halogenated alkanes) is 2. The van der Waals surface area contributed by atoms with Crippen molar-refractivity contribution in [2.45, 2.75) is 103 Å². The Hall–Kier alpha value is -0.120. The number of hydrogen-bond acceptors (Lipinski definition) is 3. The van der Waals surface area contributed by atoms with Gasteiger partial charge in [-0.1, -0.05) is 33.1 Å². The third kappa shape index (κ3) is 6.31. The molecule has 0 spiro atoms. The molecule has 2 N–H and O–H groups in total. The third-order valence-corrected chi connectivity index (χ3v) is 6.54. The summed E-state index contributed by atoms with van der Waals surface area (Å²) in [6.45, 7) is 7.64. The summed E-state index contributed by atoms with van der Waals surface area (Å²) in [5, 5.41) is 14.1. The monoisotopic (exact) mass is 339 g/mol. The zero-order valence-electron chi connectivity index (χ0n) is 16.2. The van der Waals surface area contributed by atoms with Gasteiger partial charge in [0.1, 0.15) is 0 Å². The highest BCUT2D eigenvalue weighted by Gasteiger charge is 2.42. The minimum absolute atomic E-state index is 0.533. The van der Waals surface area contributed by atoms with Crippen LogP contribution in [0.25, 0.3) is 0 Å². The fourth-order valence-electron chi connectivity index (χ4n) is 4.77. The molecule has 0 bridgehead atoms. The average molecular weight is 340 g/mol. The van der Waals surface area contributed by atoms with E-state index in [-0.39, 0.29) is 0 Å². The lowest BCUT2D eigenvalue weighted by Crippen LogP contribution is -2.41. The Kier molecular flexibility index (Phi) is 8.53. The predicted octanol–water partition coefficient (Wildman–Crippen LogP) is 5.02. The van der Waals surface area contributed by atoms with Crippen LogP contribution in [0.15, 0.2) is 0 Å². The standard InChI is InChI=1S/C21H41NO2/c1-3-16-22-17-8-5-9-18-24-21(23)14-10-19(11-15-21)20(2)12-6-4-7-13-20/h19,22-23H,3-18H2,1-2H3. The first kappa shape index (κ1) is 20.2. The van der Waals surface area contributed by atoms with E-state index >= 15 is 0 Å². The van der Waals surface area contributed by atoms with Crippen molar-refractivity contribution in [2.75, 3.05) is 19.7 Å². The first-order valence-corrected chi connectivity index (χ1v) is 10.7. The summed E-state index contributed by atoms with van der Waals surface area (Å²) in [6, 6.07) is 0. The molecule has 142 valence electrons. The van der Waals surface area contributed by atoms with Crippen molar-refractivity contribution in [3.8, 4) is 0 Å². The van der Waals surface area contributed by atoms with E-state index in [1.165, 1.54) is 51.4 Å². The molecule has 0 aromatic carbocycles. The van der Waals surface area contributed by atoms with Crippen LogP contribution in [0.1, 0.15) is 97.3 Å². The number of ether oxygens (including phenoxy) is 1. The van der Waals surface area contributed by atoms with Gasteiger partial charge in [-0.3, -0.25) is 0 Å². The van der Waals surface area contributed by atoms with Crippen LogP contribution < -0.4 is 5.32 Å². The van der Waals surface area contributed by atoms with Gasteiger partial charge in [0.15, 0.2) is 5.79 Å². The maximum atomic E-state index is 10.7. The largest absolute Gasteiger partial charge is 0.365 e. The summed E-state index contributed by atoms with van der Waals surface area (Å²) in [5.41, 5.74) is 0.533. The molecular weight excluding hydrogens is 298 g/mol. The van der Waals surface area contributed by atoms with Gasteiger partial charge >= 0.3 is 0 Å². The highest BCUT2D eigenvalue weighted by molar-refractivity contribution is 4.90. The molecule has 2 aliphatic rings. The predicted molar refractivity (Wildman–Crippen MR) is 101 cm³/mol. The van der Waals surface area contributed by atoms with E-state index in [4.69, 9.17) is 4.74 Å². The van der Waals surface area contributed by atoms with Crippen LogP contribution in [0.2, 0.25) is 0 Å². The molecule has 0 aromatic heterocycles. The minimum Gasteiger partial charge on any atom is -0.365 e. The minimum atomic E-state index is -0.831.